The van der Waals surface area contributed by atoms with Gasteiger partial charge in [-0.3, -0.25) is 0 Å². The van der Waals surface area contributed by atoms with E-state index < -0.39 is 5.60 Å². The number of nitrogens with zero attached hydrogens (tertiary/aromatic N) is 6. The predicted octanol–water partition coefficient (Wildman–Crippen LogP) is 4.14. The van der Waals surface area contributed by atoms with Crippen LogP contribution in [0.3, 0.4) is 0 Å². The summed E-state index contributed by atoms with van der Waals surface area (Å²) < 4.78 is 21.7. The lowest BCUT2D eigenvalue weighted by Crippen LogP contribution is -2.50. The van der Waals surface area contributed by atoms with E-state index in [1.54, 1.807) is 27.6 Å². The van der Waals surface area contributed by atoms with Gasteiger partial charge < -0.3 is 14.5 Å². The zero-order chi connectivity index (χ0) is 23.2. The van der Waals surface area contributed by atoms with Crippen molar-refractivity contribution in [2.75, 3.05) is 31.1 Å². The van der Waals surface area contributed by atoms with Crippen LogP contribution in [0.15, 0.2) is 48.5 Å². The van der Waals surface area contributed by atoms with Crippen LogP contribution in [-0.2, 0) is 4.74 Å². The van der Waals surface area contributed by atoms with E-state index in [1.165, 1.54) is 6.07 Å². The molecule has 0 aliphatic carbocycles. The Morgan fingerprint density at radius 3 is 2.42 bits per heavy atom. The number of piperazine rings is 1. The van der Waals surface area contributed by atoms with Gasteiger partial charge in [0.1, 0.15) is 22.9 Å². The van der Waals surface area contributed by atoms with Gasteiger partial charge in [0, 0.05) is 37.1 Å². The summed E-state index contributed by atoms with van der Waals surface area (Å²) in [6.45, 7) is 7.82. The summed E-state index contributed by atoms with van der Waals surface area (Å²) >= 11 is 0. The van der Waals surface area contributed by atoms with Gasteiger partial charge in [-0.1, -0.05) is 29.5 Å². The van der Waals surface area contributed by atoms with Crippen molar-refractivity contribution in [3.05, 3.63) is 54.3 Å². The van der Waals surface area contributed by atoms with Crippen LogP contribution in [0.25, 0.3) is 27.8 Å². The second-order valence-corrected chi connectivity index (χ2v) is 9.06. The van der Waals surface area contributed by atoms with Crippen LogP contribution >= 0.6 is 0 Å². The summed E-state index contributed by atoms with van der Waals surface area (Å²) in [6.07, 6.45) is -0.308. The van der Waals surface area contributed by atoms with Crippen LogP contribution in [-0.4, -0.2) is 62.6 Å². The van der Waals surface area contributed by atoms with E-state index in [0.29, 0.717) is 43.1 Å². The normalized spacial score (nSPS) is 14.8. The highest BCUT2D eigenvalue weighted by Gasteiger charge is 2.28. The fourth-order valence-corrected chi connectivity index (χ4v) is 4.04. The Bertz CT molecular complexity index is 1340. The quantitative estimate of drug-likeness (QED) is 0.459. The van der Waals surface area contributed by atoms with Gasteiger partial charge in [-0.25, -0.2) is 14.2 Å². The molecule has 0 N–H and O–H groups in total. The SMILES string of the molecule is CC(C)(C)OC(=O)N1CCN(c2nc3c(-c4ccccc4F)nnn3c3ccccc23)CC1. The van der Waals surface area contributed by atoms with Crippen LogP contribution < -0.4 is 4.90 Å². The van der Waals surface area contributed by atoms with Crippen molar-refractivity contribution in [3.8, 4) is 11.3 Å². The number of hydrogen-bond acceptors (Lipinski definition) is 6. The molecule has 9 heteroatoms. The van der Waals surface area contributed by atoms with Gasteiger partial charge in [-0.2, -0.15) is 4.52 Å². The van der Waals surface area contributed by atoms with E-state index in [2.05, 4.69) is 15.2 Å². The van der Waals surface area contributed by atoms with Gasteiger partial charge in [-0.15, -0.1) is 5.10 Å². The first-order valence-corrected chi connectivity index (χ1v) is 10.9. The Labute approximate surface area is 190 Å². The number of fused-ring (bicyclic) bond motifs is 3. The molecule has 1 fully saturated rings. The molecule has 170 valence electrons. The van der Waals surface area contributed by atoms with E-state index in [-0.39, 0.29) is 11.9 Å². The fourth-order valence-electron chi connectivity index (χ4n) is 4.04. The minimum atomic E-state index is -0.533. The summed E-state index contributed by atoms with van der Waals surface area (Å²) in [5.74, 6) is 0.393. The van der Waals surface area contributed by atoms with Crippen molar-refractivity contribution >= 4 is 28.5 Å². The molecule has 0 unspecified atom stereocenters. The molecule has 3 heterocycles. The second-order valence-electron chi connectivity index (χ2n) is 9.06. The number of halogens is 1. The maximum absolute atomic E-state index is 14.5. The molecule has 2 aromatic carbocycles. The van der Waals surface area contributed by atoms with E-state index in [1.807, 2.05) is 45.0 Å². The molecule has 1 amide bonds. The number of para-hydroxylation sites is 1. The highest BCUT2D eigenvalue weighted by molar-refractivity contribution is 5.93. The maximum Gasteiger partial charge on any atom is 0.410 e. The van der Waals surface area contributed by atoms with Gasteiger partial charge in [0.2, 0.25) is 0 Å². The number of rotatable bonds is 2. The van der Waals surface area contributed by atoms with Gasteiger partial charge in [0.25, 0.3) is 0 Å². The molecule has 0 atom stereocenters. The number of benzene rings is 2. The molecular weight excluding hydrogens is 423 g/mol. The van der Waals surface area contributed by atoms with Crippen molar-refractivity contribution in [2.45, 2.75) is 26.4 Å². The molecule has 5 rings (SSSR count). The van der Waals surface area contributed by atoms with E-state index in [9.17, 15) is 9.18 Å². The number of hydrogen-bond donors (Lipinski definition) is 0. The Morgan fingerprint density at radius 1 is 1.00 bits per heavy atom. The second kappa shape index (κ2) is 7.99. The topological polar surface area (TPSA) is 75.9 Å². The molecule has 1 aliphatic heterocycles. The average molecular weight is 449 g/mol. The van der Waals surface area contributed by atoms with Crippen molar-refractivity contribution in [3.63, 3.8) is 0 Å². The van der Waals surface area contributed by atoms with Gasteiger partial charge in [0.15, 0.2) is 5.65 Å². The Balaban J connectivity index is 1.53. The van der Waals surface area contributed by atoms with E-state index >= 15 is 0 Å². The number of ether oxygens (including phenoxy) is 1. The summed E-state index contributed by atoms with van der Waals surface area (Å²) in [5, 5.41) is 9.44. The fraction of sp³-hybridized carbons (Fsp3) is 0.333. The molecule has 1 aliphatic rings. The lowest BCUT2D eigenvalue weighted by atomic mass is 10.1. The number of carbonyl (C=O) groups is 1. The third kappa shape index (κ3) is 3.94. The third-order valence-corrected chi connectivity index (χ3v) is 5.59. The standard InChI is InChI=1S/C24H25FN6O2/c1-24(2,3)33-23(32)30-14-12-29(13-15-30)21-17-9-5-7-11-19(17)31-22(26-21)20(27-28-31)16-8-4-6-10-18(16)25/h4-11H,12-15H2,1-3H3. The molecular formula is C24H25FN6O2. The van der Waals surface area contributed by atoms with Gasteiger partial charge >= 0.3 is 6.09 Å². The highest BCUT2D eigenvalue weighted by atomic mass is 19.1. The molecule has 0 radical (unpaired) electrons. The molecule has 1 saturated heterocycles. The molecule has 4 aromatic rings. The van der Waals surface area contributed by atoms with Gasteiger partial charge in [0.05, 0.1) is 5.52 Å². The van der Waals surface area contributed by atoms with Gasteiger partial charge in [-0.05, 0) is 45.0 Å². The lowest BCUT2D eigenvalue weighted by Gasteiger charge is -2.36. The third-order valence-electron chi connectivity index (χ3n) is 5.59. The number of aromatic nitrogens is 4. The smallest absolute Gasteiger partial charge is 0.410 e. The molecule has 2 aromatic heterocycles. The molecule has 0 bridgehead atoms. The first kappa shape index (κ1) is 21.1. The molecule has 33 heavy (non-hydrogen) atoms. The first-order chi connectivity index (χ1) is 15.8. The maximum atomic E-state index is 14.5. The van der Waals surface area contributed by atoms with Crippen LogP contribution in [0.5, 0.6) is 0 Å². The van der Waals surface area contributed by atoms with Crippen molar-refractivity contribution < 1.29 is 13.9 Å². The Kier molecular flexibility index (Phi) is 5.11. The highest BCUT2D eigenvalue weighted by Crippen LogP contribution is 2.31. The Hall–Kier alpha value is -3.75. The minimum Gasteiger partial charge on any atom is -0.444 e. The van der Waals surface area contributed by atoms with E-state index in [4.69, 9.17) is 9.72 Å². The number of anilines is 1. The predicted molar refractivity (Wildman–Crippen MR) is 124 cm³/mol. The summed E-state index contributed by atoms with van der Waals surface area (Å²) in [7, 11) is 0. The minimum absolute atomic E-state index is 0.308. The Morgan fingerprint density at radius 2 is 1.70 bits per heavy atom. The van der Waals surface area contributed by atoms with Crippen LogP contribution in [0, 0.1) is 5.82 Å². The van der Waals surface area contributed by atoms with Crippen LogP contribution in [0.4, 0.5) is 15.0 Å². The summed E-state index contributed by atoms with van der Waals surface area (Å²) in [4.78, 5) is 21.2. The summed E-state index contributed by atoms with van der Waals surface area (Å²) in [5.41, 5.74) is 1.55. The largest absolute Gasteiger partial charge is 0.444 e. The zero-order valence-electron chi connectivity index (χ0n) is 18.8. The van der Waals surface area contributed by atoms with E-state index in [0.717, 1.165) is 16.7 Å². The first-order valence-electron chi connectivity index (χ1n) is 10.9. The number of carbonyl (C=O) groups excluding carboxylic acids is 1. The van der Waals surface area contributed by atoms with Crippen molar-refractivity contribution in [1.29, 1.82) is 0 Å². The lowest BCUT2D eigenvalue weighted by molar-refractivity contribution is 0.0240. The van der Waals surface area contributed by atoms with Crippen molar-refractivity contribution in [1.82, 2.24) is 24.7 Å². The summed E-state index contributed by atoms with van der Waals surface area (Å²) in [6, 6.07) is 14.3. The van der Waals surface area contributed by atoms with Crippen LogP contribution in [0.2, 0.25) is 0 Å². The molecule has 0 saturated carbocycles. The molecule has 0 spiro atoms. The average Bonchev–Trinajstić information content (AvgIpc) is 3.22. The van der Waals surface area contributed by atoms with Crippen molar-refractivity contribution in [2.24, 2.45) is 0 Å². The molecule has 8 nitrogen and oxygen atoms in total. The monoisotopic (exact) mass is 448 g/mol. The van der Waals surface area contributed by atoms with Crippen LogP contribution in [0.1, 0.15) is 20.8 Å². The number of amides is 1. The zero-order valence-corrected chi connectivity index (χ0v) is 18.8.